The van der Waals surface area contributed by atoms with Crippen molar-refractivity contribution in [2.75, 3.05) is 26.8 Å². The van der Waals surface area contributed by atoms with Gasteiger partial charge in [-0.1, -0.05) is 23.2 Å². The molecule has 0 spiro atoms. The summed E-state index contributed by atoms with van der Waals surface area (Å²) in [5.41, 5.74) is 0. The highest BCUT2D eigenvalue weighted by atomic mass is 35.5. The lowest BCUT2D eigenvalue weighted by Crippen LogP contribution is -2.55. The summed E-state index contributed by atoms with van der Waals surface area (Å²) in [5, 5.41) is 10.9. The second-order valence-corrected chi connectivity index (χ2v) is 10.4. The van der Waals surface area contributed by atoms with Crippen molar-refractivity contribution in [3.05, 3.63) is 28.2 Å². The molecule has 2 aliphatic heterocycles. The smallest absolute Gasteiger partial charge is 0.244 e. The minimum absolute atomic E-state index is 0.0469. The number of methoxy groups -OCH3 is 1. The third kappa shape index (κ3) is 4.57. The first-order valence-corrected chi connectivity index (χ1v) is 11.8. The molecule has 0 aliphatic carbocycles. The Bertz CT molecular complexity index is 844. The van der Waals surface area contributed by atoms with Crippen molar-refractivity contribution >= 4 is 39.1 Å². The molecule has 0 radical (unpaired) electrons. The fraction of sp³-hybridized carbons (Fsp3) is 0.632. The number of nitrogens with zero attached hydrogens (tertiary/aromatic N) is 2. The first-order valence-electron chi connectivity index (χ1n) is 9.62. The predicted octanol–water partition coefficient (Wildman–Crippen LogP) is 2.39. The number of carbonyl (C=O) groups is 1. The Labute approximate surface area is 181 Å². The molecule has 2 saturated heterocycles. The normalized spacial score (nSPS) is 27.0. The maximum atomic E-state index is 13.6. The van der Waals surface area contributed by atoms with Crippen LogP contribution in [0.4, 0.5) is 0 Å². The average molecular weight is 465 g/mol. The van der Waals surface area contributed by atoms with E-state index >= 15 is 0 Å². The van der Waals surface area contributed by atoms with Crippen LogP contribution in [0.5, 0.6) is 0 Å². The van der Waals surface area contributed by atoms with Crippen molar-refractivity contribution in [3.63, 3.8) is 0 Å². The summed E-state index contributed by atoms with van der Waals surface area (Å²) in [6, 6.07) is 2.83. The van der Waals surface area contributed by atoms with Crippen molar-refractivity contribution in [2.45, 2.75) is 49.3 Å². The zero-order valence-corrected chi connectivity index (χ0v) is 18.8. The molecule has 0 aromatic heterocycles. The summed E-state index contributed by atoms with van der Waals surface area (Å²) in [4.78, 5) is 14.9. The zero-order valence-electron chi connectivity index (χ0n) is 16.4. The largest absolute Gasteiger partial charge is 0.393 e. The van der Waals surface area contributed by atoms with Crippen molar-refractivity contribution < 1.29 is 23.1 Å². The van der Waals surface area contributed by atoms with Gasteiger partial charge >= 0.3 is 0 Å². The molecule has 1 aromatic carbocycles. The van der Waals surface area contributed by atoms with E-state index in [0.29, 0.717) is 32.4 Å². The van der Waals surface area contributed by atoms with E-state index in [1.807, 2.05) is 0 Å². The molecule has 1 aromatic rings. The number of ether oxygens (including phenoxy) is 1. The molecule has 29 heavy (non-hydrogen) atoms. The lowest BCUT2D eigenvalue weighted by molar-refractivity contribution is -0.135. The monoisotopic (exact) mass is 464 g/mol. The molecule has 162 valence electrons. The number of amides is 1. The van der Waals surface area contributed by atoms with Gasteiger partial charge in [-0.15, -0.1) is 0 Å². The lowest BCUT2D eigenvalue weighted by atomic mass is 9.87. The molecule has 1 amide bonds. The van der Waals surface area contributed by atoms with Gasteiger partial charge in [0.1, 0.15) is 6.04 Å². The number of hydrogen-bond acceptors (Lipinski definition) is 5. The molecule has 2 aliphatic rings. The van der Waals surface area contributed by atoms with Crippen LogP contribution in [0.15, 0.2) is 23.1 Å². The number of aliphatic hydroxyl groups is 1. The first kappa shape index (κ1) is 22.8. The number of sulfonamides is 1. The molecule has 4 atom stereocenters. The zero-order chi connectivity index (χ0) is 21.3. The fourth-order valence-corrected chi connectivity index (χ4v) is 6.94. The average Bonchev–Trinajstić information content (AvgIpc) is 2.72. The van der Waals surface area contributed by atoms with E-state index < -0.39 is 34.1 Å². The second-order valence-electron chi connectivity index (χ2n) is 7.64. The number of aliphatic hydroxyl groups excluding tert-OH is 1. The Kier molecular flexibility index (Phi) is 7.13. The molecular weight excluding hydrogens is 439 g/mol. The molecule has 0 unspecified atom stereocenters. The molecule has 2 fully saturated rings. The number of carbonyl (C=O) groups excluding carboxylic acids is 1. The van der Waals surface area contributed by atoms with Gasteiger partial charge in [0.2, 0.25) is 15.9 Å². The van der Waals surface area contributed by atoms with Crippen LogP contribution in [0, 0.1) is 5.92 Å². The van der Waals surface area contributed by atoms with Crippen LogP contribution < -0.4 is 0 Å². The van der Waals surface area contributed by atoms with Crippen LogP contribution in [0.1, 0.15) is 26.2 Å². The van der Waals surface area contributed by atoms with E-state index in [4.69, 9.17) is 27.9 Å². The maximum absolute atomic E-state index is 13.6. The first-order chi connectivity index (χ1) is 13.7. The number of halogens is 2. The van der Waals surface area contributed by atoms with Crippen LogP contribution in [-0.2, 0) is 19.6 Å². The second kappa shape index (κ2) is 9.08. The number of benzene rings is 1. The Morgan fingerprint density at radius 2 is 1.90 bits per heavy atom. The molecular formula is C19H26Cl2N2O5S. The Morgan fingerprint density at radius 3 is 2.48 bits per heavy atom. The lowest BCUT2D eigenvalue weighted by Gasteiger charge is -2.41. The van der Waals surface area contributed by atoms with Gasteiger partial charge in [0.15, 0.2) is 0 Å². The van der Waals surface area contributed by atoms with Gasteiger partial charge in [0, 0.05) is 42.2 Å². The quantitative estimate of drug-likeness (QED) is 0.697. The fourth-order valence-electron chi connectivity index (χ4n) is 4.34. The third-order valence-corrected chi connectivity index (χ3v) is 8.08. The minimum atomic E-state index is -4.06. The predicted molar refractivity (Wildman–Crippen MR) is 111 cm³/mol. The van der Waals surface area contributed by atoms with Gasteiger partial charge in [-0.2, -0.15) is 4.31 Å². The molecule has 2 heterocycles. The maximum Gasteiger partial charge on any atom is 0.244 e. The van der Waals surface area contributed by atoms with Crippen LogP contribution in [-0.4, -0.2) is 73.6 Å². The molecule has 1 N–H and O–H groups in total. The summed E-state index contributed by atoms with van der Waals surface area (Å²) >= 11 is 12.1. The van der Waals surface area contributed by atoms with Crippen LogP contribution in [0.2, 0.25) is 10.0 Å². The summed E-state index contributed by atoms with van der Waals surface area (Å²) in [5.74, 6) is -0.669. The Balaban J connectivity index is 2.09. The summed E-state index contributed by atoms with van der Waals surface area (Å²) in [6.07, 6.45) is 0.935. The molecule has 0 saturated carbocycles. The van der Waals surface area contributed by atoms with E-state index in [2.05, 4.69) is 0 Å². The molecule has 3 rings (SSSR count). The van der Waals surface area contributed by atoms with E-state index in [9.17, 15) is 18.3 Å². The van der Waals surface area contributed by atoms with Crippen molar-refractivity contribution in [3.8, 4) is 0 Å². The highest BCUT2D eigenvalue weighted by molar-refractivity contribution is 7.89. The van der Waals surface area contributed by atoms with E-state index in [0.717, 1.165) is 0 Å². The highest BCUT2D eigenvalue weighted by Crippen LogP contribution is 2.39. The SMILES string of the molecule is COCCN1C[C@H]([C@H](C)O)[C@H]2CCC[C@@H](C1=O)N2S(=O)(=O)c1cc(Cl)cc(Cl)c1. The molecule has 10 heteroatoms. The van der Waals surface area contributed by atoms with Gasteiger partial charge < -0.3 is 14.7 Å². The molecule has 2 bridgehead atoms. The van der Waals surface area contributed by atoms with Gasteiger partial charge in [-0.05, 0) is 44.4 Å². The summed E-state index contributed by atoms with van der Waals surface area (Å²) in [7, 11) is -2.51. The van der Waals surface area contributed by atoms with Crippen molar-refractivity contribution in [1.29, 1.82) is 0 Å². The topological polar surface area (TPSA) is 87.2 Å². The number of hydrogen-bond donors (Lipinski definition) is 1. The van der Waals surface area contributed by atoms with Gasteiger partial charge in [0.25, 0.3) is 0 Å². The number of piperidine rings is 1. The van der Waals surface area contributed by atoms with E-state index in [1.165, 1.54) is 22.5 Å². The van der Waals surface area contributed by atoms with Crippen molar-refractivity contribution in [2.24, 2.45) is 5.92 Å². The third-order valence-electron chi connectivity index (χ3n) is 5.73. The molecule has 7 nitrogen and oxygen atoms in total. The summed E-state index contributed by atoms with van der Waals surface area (Å²) in [6.45, 7) is 2.61. The van der Waals surface area contributed by atoms with Gasteiger partial charge in [-0.25, -0.2) is 8.42 Å². The van der Waals surface area contributed by atoms with Gasteiger partial charge in [0.05, 0.1) is 17.6 Å². The number of rotatable bonds is 6. The van der Waals surface area contributed by atoms with Crippen LogP contribution in [0.3, 0.4) is 0 Å². The van der Waals surface area contributed by atoms with Crippen molar-refractivity contribution in [1.82, 2.24) is 9.21 Å². The van der Waals surface area contributed by atoms with E-state index in [1.54, 1.807) is 18.9 Å². The highest BCUT2D eigenvalue weighted by Gasteiger charge is 2.51. The Hall–Kier alpha value is -0.900. The minimum Gasteiger partial charge on any atom is -0.393 e. The number of fused-ring (bicyclic) bond motifs is 2. The van der Waals surface area contributed by atoms with Crippen LogP contribution in [0.25, 0.3) is 0 Å². The summed E-state index contributed by atoms with van der Waals surface area (Å²) < 4.78 is 33.7. The van der Waals surface area contributed by atoms with E-state index in [-0.39, 0.29) is 27.4 Å². The standard InChI is InChI=1S/C19H26Cl2N2O5S/c1-12(24)16-11-22(6-7-28-2)19(25)18-5-3-4-17(16)23(18)29(26,27)15-9-13(20)8-14(21)10-15/h8-10,12,16-18,24H,3-7,11H2,1-2H3/t12-,16+,17+,18-/m0/s1. The van der Waals surface area contributed by atoms with Crippen LogP contribution >= 0.6 is 23.2 Å². The Morgan fingerprint density at radius 1 is 1.24 bits per heavy atom. The van der Waals surface area contributed by atoms with Gasteiger partial charge in [-0.3, -0.25) is 4.79 Å².